The summed E-state index contributed by atoms with van der Waals surface area (Å²) in [4.78, 5) is 42.5. The van der Waals surface area contributed by atoms with E-state index in [4.69, 9.17) is 15.2 Å². The molecule has 3 aromatic rings. The topological polar surface area (TPSA) is 133 Å². The number of rotatable bonds is 5. The molecule has 0 radical (unpaired) electrons. The van der Waals surface area contributed by atoms with Crippen molar-refractivity contribution in [1.82, 2.24) is 4.98 Å². The first-order valence-corrected chi connectivity index (χ1v) is 11.2. The number of carbonyl (C=O) groups is 3. The van der Waals surface area contributed by atoms with Crippen molar-refractivity contribution in [1.29, 1.82) is 0 Å². The van der Waals surface area contributed by atoms with Gasteiger partial charge in [-0.1, -0.05) is 0 Å². The third kappa shape index (κ3) is 4.24. The first-order chi connectivity index (χ1) is 16.0. The first kappa shape index (κ1) is 21.0. The Kier molecular flexibility index (Phi) is 5.43. The Labute approximate surface area is 192 Å². The highest BCUT2D eigenvalue weighted by atomic mass is 32.1. The minimum absolute atomic E-state index is 0.137. The Bertz CT molecular complexity index is 1250. The van der Waals surface area contributed by atoms with Gasteiger partial charge in [0.15, 0.2) is 16.6 Å². The van der Waals surface area contributed by atoms with Gasteiger partial charge in [-0.05, 0) is 61.7 Å². The van der Waals surface area contributed by atoms with E-state index in [-0.39, 0.29) is 18.6 Å². The second-order valence-corrected chi connectivity index (χ2v) is 8.81. The molecule has 3 amide bonds. The molecule has 2 heterocycles. The van der Waals surface area contributed by atoms with Gasteiger partial charge in [-0.25, -0.2) is 4.98 Å². The molecule has 4 N–H and O–H groups in total. The third-order valence-electron chi connectivity index (χ3n) is 5.56. The quantitative estimate of drug-likeness (QED) is 0.531. The highest BCUT2D eigenvalue weighted by Crippen LogP contribution is 2.38. The normalized spacial score (nSPS) is 16.1. The van der Waals surface area contributed by atoms with Crippen molar-refractivity contribution >= 4 is 39.9 Å². The number of fused-ring (bicyclic) bond motifs is 2. The zero-order chi connectivity index (χ0) is 22.9. The maximum Gasteiger partial charge on any atom is 0.257 e. The van der Waals surface area contributed by atoms with Crippen LogP contribution in [0.4, 0.5) is 10.8 Å². The molecular weight excluding hydrogens is 444 g/mol. The van der Waals surface area contributed by atoms with E-state index in [2.05, 4.69) is 15.6 Å². The molecule has 0 spiro atoms. The largest absolute Gasteiger partial charge is 0.454 e. The third-order valence-corrected chi connectivity index (χ3v) is 6.61. The van der Waals surface area contributed by atoms with Gasteiger partial charge in [0.2, 0.25) is 18.6 Å². The van der Waals surface area contributed by atoms with Gasteiger partial charge < -0.3 is 20.5 Å². The molecule has 168 valence electrons. The number of benzene rings is 2. The van der Waals surface area contributed by atoms with Gasteiger partial charge >= 0.3 is 0 Å². The molecule has 2 aromatic carbocycles. The lowest BCUT2D eigenvalue weighted by Gasteiger charge is -2.20. The van der Waals surface area contributed by atoms with Gasteiger partial charge in [0.1, 0.15) is 0 Å². The summed E-state index contributed by atoms with van der Waals surface area (Å²) in [6, 6.07) is 11.4. The van der Waals surface area contributed by atoms with E-state index in [9.17, 15) is 14.4 Å². The molecule has 1 atom stereocenters. The molecule has 10 heteroatoms. The fourth-order valence-electron chi connectivity index (χ4n) is 3.88. The SMILES string of the molecule is NC(=O)c1ccc(NC(=O)C2CCCc3sc(NC(=O)c4ccc5c(c4)OCO5)nc32)cc1. The van der Waals surface area contributed by atoms with Crippen molar-refractivity contribution < 1.29 is 23.9 Å². The number of carbonyl (C=O) groups excluding carboxylic acids is 3. The molecule has 33 heavy (non-hydrogen) atoms. The van der Waals surface area contributed by atoms with Crippen molar-refractivity contribution in [2.24, 2.45) is 5.73 Å². The van der Waals surface area contributed by atoms with Gasteiger partial charge in [0.25, 0.3) is 5.91 Å². The van der Waals surface area contributed by atoms with E-state index < -0.39 is 11.8 Å². The molecule has 0 fully saturated rings. The number of primary amides is 1. The first-order valence-electron chi connectivity index (χ1n) is 10.4. The van der Waals surface area contributed by atoms with Gasteiger partial charge in [0.05, 0.1) is 11.6 Å². The Morgan fingerprint density at radius 1 is 1.00 bits per heavy atom. The van der Waals surface area contributed by atoms with Crippen LogP contribution in [-0.4, -0.2) is 29.5 Å². The van der Waals surface area contributed by atoms with E-state index in [0.717, 1.165) is 17.7 Å². The maximum atomic E-state index is 13.0. The summed E-state index contributed by atoms with van der Waals surface area (Å²) in [6.07, 6.45) is 2.32. The average molecular weight is 465 g/mol. The Balaban J connectivity index is 1.30. The zero-order valence-corrected chi connectivity index (χ0v) is 18.2. The van der Waals surface area contributed by atoms with E-state index >= 15 is 0 Å². The van der Waals surface area contributed by atoms with Crippen LogP contribution < -0.4 is 25.8 Å². The fourth-order valence-corrected chi connectivity index (χ4v) is 4.94. The summed E-state index contributed by atoms with van der Waals surface area (Å²) in [5.41, 5.74) is 7.33. The van der Waals surface area contributed by atoms with Crippen molar-refractivity contribution in [3.63, 3.8) is 0 Å². The molecule has 0 saturated heterocycles. The number of aromatic nitrogens is 1. The van der Waals surface area contributed by atoms with E-state index in [1.807, 2.05) is 0 Å². The molecular formula is C23H20N4O5S. The van der Waals surface area contributed by atoms with E-state index in [1.54, 1.807) is 42.5 Å². The number of nitrogens with one attached hydrogen (secondary N) is 2. The Hall–Kier alpha value is -3.92. The molecule has 2 aliphatic rings. The number of nitrogens with zero attached hydrogens (tertiary/aromatic N) is 1. The minimum Gasteiger partial charge on any atom is -0.454 e. The predicted octanol–water partition coefficient (Wildman–Crippen LogP) is 3.28. The highest BCUT2D eigenvalue weighted by Gasteiger charge is 2.31. The van der Waals surface area contributed by atoms with Gasteiger partial charge in [-0.15, -0.1) is 11.3 Å². The molecule has 1 unspecified atom stereocenters. The molecule has 1 aliphatic heterocycles. The Morgan fingerprint density at radius 2 is 1.76 bits per heavy atom. The number of amides is 3. The zero-order valence-electron chi connectivity index (χ0n) is 17.4. The summed E-state index contributed by atoms with van der Waals surface area (Å²) in [6.45, 7) is 0.137. The van der Waals surface area contributed by atoms with Crippen LogP contribution in [0.5, 0.6) is 11.5 Å². The van der Waals surface area contributed by atoms with Gasteiger partial charge in [0, 0.05) is 21.7 Å². The number of nitrogens with two attached hydrogens (primary N) is 1. The van der Waals surface area contributed by atoms with Crippen LogP contribution in [0.1, 0.15) is 50.0 Å². The maximum absolute atomic E-state index is 13.0. The van der Waals surface area contributed by atoms with Crippen LogP contribution in [0, 0.1) is 0 Å². The lowest BCUT2D eigenvalue weighted by Crippen LogP contribution is -2.24. The number of anilines is 2. The summed E-state index contributed by atoms with van der Waals surface area (Å²) in [5.74, 6) is -0.299. The Morgan fingerprint density at radius 3 is 2.55 bits per heavy atom. The van der Waals surface area contributed by atoms with Crippen molar-refractivity contribution in [3.8, 4) is 11.5 Å². The van der Waals surface area contributed by atoms with E-state index in [0.29, 0.717) is 45.6 Å². The summed E-state index contributed by atoms with van der Waals surface area (Å²) >= 11 is 1.39. The summed E-state index contributed by atoms with van der Waals surface area (Å²) < 4.78 is 10.6. The fraction of sp³-hybridized carbons (Fsp3) is 0.217. The monoisotopic (exact) mass is 464 g/mol. The number of hydrogen-bond acceptors (Lipinski definition) is 7. The minimum atomic E-state index is -0.525. The van der Waals surface area contributed by atoms with Crippen LogP contribution in [0.2, 0.25) is 0 Å². The van der Waals surface area contributed by atoms with Crippen molar-refractivity contribution in [2.45, 2.75) is 25.2 Å². The highest BCUT2D eigenvalue weighted by molar-refractivity contribution is 7.16. The van der Waals surface area contributed by atoms with Gasteiger partial charge in [-0.3, -0.25) is 19.7 Å². The lowest BCUT2D eigenvalue weighted by molar-refractivity contribution is -0.117. The molecule has 1 aromatic heterocycles. The van der Waals surface area contributed by atoms with E-state index in [1.165, 1.54) is 11.3 Å². The second kappa shape index (κ2) is 8.55. The average Bonchev–Trinajstić information content (AvgIpc) is 3.44. The van der Waals surface area contributed by atoms with Gasteiger partial charge in [-0.2, -0.15) is 0 Å². The smallest absolute Gasteiger partial charge is 0.257 e. The van der Waals surface area contributed by atoms with Crippen LogP contribution >= 0.6 is 11.3 Å². The molecule has 9 nitrogen and oxygen atoms in total. The molecule has 0 bridgehead atoms. The number of aryl methyl sites for hydroxylation is 1. The summed E-state index contributed by atoms with van der Waals surface area (Å²) in [5, 5.41) is 6.16. The second-order valence-electron chi connectivity index (χ2n) is 7.73. The lowest BCUT2D eigenvalue weighted by atomic mass is 9.90. The molecule has 5 rings (SSSR count). The van der Waals surface area contributed by atoms with Crippen molar-refractivity contribution in [3.05, 3.63) is 64.2 Å². The predicted molar refractivity (Wildman–Crippen MR) is 122 cm³/mol. The molecule has 0 saturated carbocycles. The number of thiazole rings is 1. The number of hydrogen-bond donors (Lipinski definition) is 3. The molecule has 1 aliphatic carbocycles. The number of ether oxygens (including phenoxy) is 2. The standard InChI is InChI=1S/C23H20N4O5S/c24-20(28)12-4-7-14(8-5-12)25-22(30)15-2-1-3-18-19(15)26-23(33-18)27-21(29)13-6-9-16-17(10-13)32-11-31-16/h4-10,15H,1-3,11H2,(H2,24,28)(H,25,30)(H,26,27,29). The summed E-state index contributed by atoms with van der Waals surface area (Å²) in [7, 11) is 0. The van der Waals surface area contributed by atoms with Crippen molar-refractivity contribution in [2.75, 3.05) is 17.4 Å². The van der Waals surface area contributed by atoms with Crippen LogP contribution in [-0.2, 0) is 11.2 Å². The van der Waals surface area contributed by atoms with Crippen LogP contribution in [0.25, 0.3) is 0 Å². The van der Waals surface area contributed by atoms with Crippen LogP contribution in [0.15, 0.2) is 42.5 Å². The van der Waals surface area contributed by atoms with Crippen LogP contribution in [0.3, 0.4) is 0 Å².